The molecule has 3 atom stereocenters. The molecule has 0 spiro atoms. The first-order chi connectivity index (χ1) is 15.6. The minimum atomic E-state index is -0.492. The molecule has 0 bridgehead atoms. The fraction of sp³-hybridized carbons (Fsp3) is 0.241. The van der Waals surface area contributed by atoms with Gasteiger partial charge in [0.05, 0.1) is 6.10 Å². The molecule has 0 heterocycles. The van der Waals surface area contributed by atoms with Gasteiger partial charge in [-0.3, -0.25) is 0 Å². The van der Waals surface area contributed by atoms with Gasteiger partial charge in [0.15, 0.2) is 0 Å². The molecule has 4 rings (SSSR count). The minimum Gasteiger partial charge on any atom is -0.488 e. The monoisotopic (exact) mass is 442 g/mol. The summed E-state index contributed by atoms with van der Waals surface area (Å²) >= 11 is 0. The molecule has 3 heteroatoms. The normalized spacial score (nSPS) is 16.5. The van der Waals surface area contributed by atoms with E-state index in [0.717, 1.165) is 29.7 Å². The number of rotatable bonds is 8. The second kappa shape index (κ2) is 10.8. The van der Waals surface area contributed by atoms with Gasteiger partial charge >= 0.3 is 0 Å². The van der Waals surface area contributed by atoms with Gasteiger partial charge in [0.1, 0.15) is 12.4 Å². The standard InChI is InChI=1S/C29H31O2P/c1-21-11-9-17-26(22(2)30)29(21)32-27-18-10-16-25(19-23-12-5-3-6-13-23)28(27)31-20-24-14-7-4-8-15-24/h3-12,14-18,22-23,30,32H,13,19-20H2,1-2H3. The molecule has 1 aliphatic carbocycles. The summed E-state index contributed by atoms with van der Waals surface area (Å²) < 4.78 is 6.51. The summed E-state index contributed by atoms with van der Waals surface area (Å²) in [6.45, 7) is 4.52. The second-order valence-corrected chi connectivity index (χ2v) is 9.71. The number of aliphatic hydroxyl groups excluding tert-OH is 1. The maximum Gasteiger partial charge on any atom is 0.130 e. The van der Waals surface area contributed by atoms with Crippen LogP contribution in [-0.2, 0) is 13.0 Å². The van der Waals surface area contributed by atoms with Gasteiger partial charge < -0.3 is 9.84 Å². The van der Waals surface area contributed by atoms with Crippen molar-refractivity contribution in [3.63, 3.8) is 0 Å². The fourth-order valence-corrected chi connectivity index (χ4v) is 5.67. The van der Waals surface area contributed by atoms with E-state index in [4.69, 9.17) is 4.74 Å². The lowest BCUT2D eigenvalue weighted by Gasteiger charge is -2.21. The molecule has 3 aromatic rings. The van der Waals surface area contributed by atoms with E-state index in [0.29, 0.717) is 21.1 Å². The number of allylic oxidation sites excluding steroid dienone is 4. The molecule has 0 radical (unpaired) electrons. The SMILES string of the molecule is Cc1cccc(C(C)O)c1Pc1cccc(CC2C=CC=CC2)c1OCc1ccccc1. The number of aliphatic hydroxyl groups is 1. The Hall–Kier alpha value is -2.67. The van der Waals surface area contributed by atoms with Crippen molar-refractivity contribution in [2.75, 3.05) is 0 Å². The molecule has 3 unspecified atom stereocenters. The van der Waals surface area contributed by atoms with Crippen molar-refractivity contribution in [3.05, 3.63) is 113 Å². The molecule has 0 fully saturated rings. The minimum absolute atomic E-state index is 0.425. The molecular weight excluding hydrogens is 411 g/mol. The summed E-state index contributed by atoms with van der Waals surface area (Å²) in [5.74, 6) is 1.49. The van der Waals surface area contributed by atoms with E-state index in [-0.39, 0.29) is 0 Å². The highest BCUT2D eigenvalue weighted by molar-refractivity contribution is 7.56. The third-order valence-electron chi connectivity index (χ3n) is 5.89. The van der Waals surface area contributed by atoms with Crippen molar-refractivity contribution in [1.29, 1.82) is 0 Å². The number of aryl methyl sites for hydroxylation is 1. The summed E-state index contributed by atoms with van der Waals surface area (Å²) in [6.07, 6.45) is 10.3. The van der Waals surface area contributed by atoms with Crippen LogP contribution in [0.2, 0.25) is 0 Å². The average Bonchev–Trinajstić information content (AvgIpc) is 2.81. The largest absolute Gasteiger partial charge is 0.488 e. The maximum absolute atomic E-state index is 10.4. The Bertz CT molecular complexity index is 1100. The highest BCUT2D eigenvalue weighted by Gasteiger charge is 2.18. The first-order valence-corrected chi connectivity index (χ1v) is 12.3. The van der Waals surface area contributed by atoms with Crippen molar-refractivity contribution in [2.45, 2.75) is 39.4 Å². The molecule has 0 saturated carbocycles. The third-order valence-corrected chi connectivity index (χ3v) is 7.48. The van der Waals surface area contributed by atoms with Gasteiger partial charge in [0.25, 0.3) is 0 Å². The number of hydrogen-bond acceptors (Lipinski definition) is 2. The number of hydrogen-bond donors (Lipinski definition) is 1. The molecule has 0 aromatic heterocycles. The lowest BCUT2D eigenvalue weighted by atomic mass is 9.93. The molecule has 0 aliphatic heterocycles. The van der Waals surface area contributed by atoms with E-state index in [1.54, 1.807) is 0 Å². The predicted octanol–water partition coefficient (Wildman–Crippen LogP) is 5.93. The van der Waals surface area contributed by atoms with Gasteiger partial charge in [-0.15, -0.1) is 0 Å². The van der Waals surface area contributed by atoms with Gasteiger partial charge in [-0.1, -0.05) is 99.6 Å². The van der Waals surface area contributed by atoms with Crippen LogP contribution >= 0.6 is 8.58 Å². The van der Waals surface area contributed by atoms with E-state index in [9.17, 15) is 5.11 Å². The molecule has 1 aliphatic rings. The molecule has 0 saturated heterocycles. The van der Waals surface area contributed by atoms with E-state index >= 15 is 0 Å². The first kappa shape index (κ1) is 22.5. The van der Waals surface area contributed by atoms with Crippen molar-refractivity contribution < 1.29 is 9.84 Å². The maximum atomic E-state index is 10.4. The summed E-state index contributed by atoms with van der Waals surface area (Å²) in [7, 11) is 0.425. The molecule has 164 valence electrons. The Kier molecular flexibility index (Phi) is 7.58. The van der Waals surface area contributed by atoms with Crippen LogP contribution < -0.4 is 15.3 Å². The van der Waals surface area contributed by atoms with Crippen LogP contribution in [0.15, 0.2) is 91.0 Å². The van der Waals surface area contributed by atoms with Crippen LogP contribution in [0.5, 0.6) is 5.75 Å². The fourth-order valence-electron chi connectivity index (χ4n) is 4.15. The van der Waals surface area contributed by atoms with E-state index in [1.807, 2.05) is 25.1 Å². The first-order valence-electron chi connectivity index (χ1n) is 11.3. The van der Waals surface area contributed by atoms with Crippen LogP contribution in [0.25, 0.3) is 0 Å². The van der Waals surface area contributed by atoms with Crippen molar-refractivity contribution >= 4 is 19.2 Å². The Balaban J connectivity index is 1.68. The molecule has 3 aromatic carbocycles. The van der Waals surface area contributed by atoms with Gasteiger partial charge in [-0.05, 0) is 60.2 Å². The van der Waals surface area contributed by atoms with E-state index in [1.165, 1.54) is 21.7 Å². The topological polar surface area (TPSA) is 29.5 Å². The Morgan fingerprint density at radius 1 is 1.00 bits per heavy atom. The highest BCUT2D eigenvalue weighted by atomic mass is 31.1. The van der Waals surface area contributed by atoms with Crippen LogP contribution in [0.1, 0.15) is 41.7 Å². The third kappa shape index (κ3) is 5.57. The zero-order valence-corrected chi connectivity index (χ0v) is 19.8. The molecule has 1 N–H and O–H groups in total. The molecular formula is C29H31O2P. The van der Waals surface area contributed by atoms with Gasteiger partial charge in [0, 0.05) is 5.30 Å². The second-order valence-electron chi connectivity index (χ2n) is 8.42. The van der Waals surface area contributed by atoms with Gasteiger partial charge in [-0.25, -0.2) is 0 Å². The van der Waals surface area contributed by atoms with Crippen molar-refractivity contribution in [3.8, 4) is 5.75 Å². The van der Waals surface area contributed by atoms with Crippen molar-refractivity contribution in [1.82, 2.24) is 0 Å². The van der Waals surface area contributed by atoms with Crippen molar-refractivity contribution in [2.24, 2.45) is 5.92 Å². The highest BCUT2D eigenvalue weighted by Crippen LogP contribution is 2.31. The Labute approximate surface area is 193 Å². The summed E-state index contributed by atoms with van der Waals surface area (Å²) in [5, 5.41) is 12.8. The zero-order chi connectivity index (χ0) is 22.3. The average molecular weight is 443 g/mol. The lowest BCUT2D eigenvalue weighted by molar-refractivity contribution is 0.200. The Morgan fingerprint density at radius 3 is 2.56 bits per heavy atom. The molecule has 32 heavy (non-hydrogen) atoms. The summed E-state index contributed by atoms with van der Waals surface area (Å²) in [6, 6.07) is 23.1. The predicted molar refractivity (Wildman–Crippen MR) is 137 cm³/mol. The van der Waals surface area contributed by atoms with Gasteiger partial charge in [0.2, 0.25) is 0 Å². The molecule has 0 amide bonds. The van der Waals surface area contributed by atoms with Crippen LogP contribution in [0.4, 0.5) is 0 Å². The number of ether oxygens (including phenoxy) is 1. The van der Waals surface area contributed by atoms with Crippen LogP contribution in [-0.4, -0.2) is 5.11 Å². The van der Waals surface area contributed by atoms with E-state index in [2.05, 4.69) is 79.8 Å². The van der Waals surface area contributed by atoms with E-state index < -0.39 is 6.10 Å². The Morgan fingerprint density at radius 2 is 1.81 bits per heavy atom. The lowest BCUT2D eigenvalue weighted by Crippen LogP contribution is -2.17. The van der Waals surface area contributed by atoms with Gasteiger partial charge in [-0.2, -0.15) is 0 Å². The van der Waals surface area contributed by atoms with Crippen LogP contribution in [0.3, 0.4) is 0 Å². The quantitative estimate of drug-likeness (QED) is 0.438. The summed E-state index contributed by atoms with van der Waals surface area (Å²) in [4.78, 5) is 0. The number of benzene rings is 3. The summed E-state index contributed by atoms with van der Waals surface area (Å²) in [5.41, 5.74) is 4.63. The zero-order valence-electron chi connectivity index (χ0n) is 18.8. The number of para-hydroxylation sites is 1. The smallest absolute Gasteiger partial charge is 0.130 e. The van der Waals surface area contributed by atoms with Crippen LogP contribution in [0, 0.1) is 12.8 Å². The molecule has 2 nitrogen and oxygen atoms in total.